The number of likely N-dealkylation sites (N-methyl/N-ethyl adjacent to an activating group) is 1. The van der Waals surface area contributed by atoms with E-state index in [1.165, 1.54) is 10.4 Å². The average Bonchev–Trinajstić information content (AvgIpc) is 3.90. The molecule has 50 heavy (non-hydrogen) atoms. The molecule has 0 aliphatic rings. The molecule has 14 heteroatoms. The fourth-order valence-corrected chi connectivity index (χ4v) is 8.21. The number of H-pyrrole nitrogens is 1. The van der Waals surface area contributed by atoms with Gasteiger partial charge >= 0.3 is 0 Å². The molecule has 3 aromatic carbocycles. The van der Waals surface area contributed by atoms with Gasteiger partial charge in [0.1, 0.15) is 17.6 Å². The summed E-state index contributed by atoms with van der Waals surface area (Å²) in [7, 11) is -2.81. The largest absolute Gasteiger partial charge is 0.361 e. The zero-order valence-electron chi connectivity index (χ0n) is 27.4. The molecule has 0 aliphatic heterocycles. The zero-order chi connectivity index (χ0) is 35.4. The number of aromatic nitrogens is 3. The van der Waals surface area contributed by atoms with Gasteiger partial charge in [0.15, 0.2) is 0 Å². The van der Waals surface area contributed by atoms with Crippen LogP contribution in [0.4, 0.5) is 0 Å². The summed E-state index contributed by atoms with van der Waals surface area (Å²) in [5.74, 6) is -1.95. The topological polar surface area (TPSA) is 154 Å². The third kappa shape index (κ3) is 7.83. The van der Waals surface area contributed by atoms with Crippen molar-refractivity contribution in [1.82, 2.24) is 30.1 Å². The summed E-state index contributed by atoms with van der Waals surface area (Å²) < 4.78 is 27.7. The summed E-state index contributed by atoms with van der Waals surface area (Å²) in [5, 5.41) is 14.8. The molecule has 3 N–H and O–H groups in total. The number of aryl methyl sites for hydroxylation is 2. The minimum atomic E-state index is -4.36. The predicted molar refractivity (Wildman–Crippen MR) is 194 cm³/mol. The third-order valence-electron chi connectivity index (χ3n) is 8.33. The van der Waals surface area contributed by atoms with Crippen molar-refractivity contribution < 1.29 is 22.8 Å². The quantitative estimate of drug-likeness (QED) is 0.155. The molecular formula is C36H34N6O5S3. The number of fused-ring (bicyclic) bond motifs is 1. The summed E-state index contributed by atoms with van der Waals surface area (Å²) in [5.41, 5.74) is 7.86. The first-order chi connectivity index (χ1) is 24.0. The zero-order valence-corrected chi connectivity index (χ0v) is 29.9. The lowest BCUT2D eigenvalue weighted by Gasteiger charge is -2.29. The number of amides is 3. The van der Waals surface area contributed by atoms with E-state index in [0.29, 0.717) is 11.1 Å². The van der Waals surface area contributed by atoms with Crippen LogP contribution >= 0.6 is 22.7 Å². The molecule has 6 rings (SSSR count). The number of rotatable bonds is 12. The first-order valence-electron chi connectivity index (χ1n) is 15.6. The van der Waals surface area contributed by atoms with Crippen LogP contribution in [0.5, 0.6) is 0 Å². The van der Waals surface area contributed by atoms with Crippen LogP contribution < -0.4 is 10.0 Å². The number of para-hydroxylation sites is 1. The van der Waals surface area contributed by atoms with E-state index < -0.39 is 33.9 Å². The van der Waals surface area contributed by atoms with Gasteiger partial charge < -0.3 is 15.2 Å². The molecule has 0 fully saturated rings. The number of nitrogens with one attached hydrogen (secondary N) is 3. The van der Waals surface area contributed by atoms with E-state index in [-0.39, 0.29) is 23.1 Å². The smallest absolute Gasteiger partial charge is 0.293 e. The molecule has 0 aliphatic carbocycles. The molecule has 3 aromatic heterocycles. The summed E-state index contributed by atoms with van der Waals surface area (Å²) in [6.45, 7) is 3.79. The summed E-state index contributed by atoms with van der Waals surface area (Å²) in [6.07, 6.45) is 1.82. The van der Waals surface area contributed by atoms with Crippen LogP contribution in [0, 0.1) is 13.8 Å². The number of sulfonamides is 1. The molecule has 2 atom stereocenters. The van der Waals surface area contributed by atoms with Gasteiger partial charge in [-0.25, -0.2) is 4.72 Å². The molecule has 0 spiro atoms. The number of hydrogen-bond acceptors (Lipinski definition) is 9. The summed E-state index contributed by atoms with van der Waals surface area (Å²) in [4.78, 5) is 46.5. The molecule has 3 heterocycles. The highest BCUT2D eigenvalue weighted by Crippen LogP contribution is 2.24. The summed E-state index contributed by atoms with van der Waals surface area (Å²) in [6, 6.07) is 20.3. The SMILES string of the molecule is Cc1cc(C)cc(C(=O)N(C)C(Cc2ccc(-c3ccsc3)cc2)C(=O)NC(Cc2c[nH]c3ccccc23)C(=O)NS(=O)(=O)c2nncs2)c1. The van der Waals surface area contributed by atoms with Crippen LogP contribution in [0.25, 0.3) is 22.0 Å². The minimum Gasteiger partial charge on any atom is -0.361 e. The Kier molecular flexibility index (Phi) is 10.2. The Morgan fingerprint density at radius 2 is 1.66 bits per heavy atom. The predicted octanol–water partition coefficient (Wildman–Crippen LogP) is 5.28. The Morgan fingerprint density at radius 1 is 0.920 bits per heavy atom. The highest BCUT2D eigenvalue weighted by Gasteiger charge is 2.34. The highest BCUT2D eigenvalue weighted by molar-refractivity contribution is 7.92. The number of carbonyl (C=O) groups is 3. The standard InChI is InChI=1S/C36H34N6O5S3/c1-22-14-23(2)16-27(15-22)35(45)42(3)32(17-24-8-10-25(11-9-24)26-12-13-48-20-26)34(44)39-31(18-28-19-37-30-7-5-4-6-29(28)30)33(43)41-50(46,47)36-40-38-21-49-36/h4-16,19-21,31-32,37H,17-18H2,1-3H3,(H,39,44)(H,41,43). The van der Waals surface area contributed by atoms with Gasteiger partial charge in [-0.05, 0) is 71.1 Å². The fraction of sp³-hybridized carbons (Fsp3) is 0.194. The molecule has 6 aromatic rings. The maximum Gasteiger partial charge on any atom is 0.293 e. The lowest BCUT2D eigenvalue weighted by molar-refractivity contribution is -0.130. The number of benzene rings is 3. The lowest BCUT2D eigenvalue weighted by Crippen LogP contribution is -2.56. The molecule has 0 radical (unpaired) electrons. The second kappa shape index (κ2) is 14.7. The van der Waals surface area contributed by atoms with Gasteiger partial charge in [0, 0.05) is 42.6 Å². The van der Waals surface area contributed by atoms with Gasteiger partial charge in [0.2, 0.25) is 5.91 Å². The van der Waals surface area contributed by atoms with Crippen molar-refractivity contribution in [3.05, 3.63) is 123 Å². The number of aromatic amines is 1. The second-order valence-corrected chi connectivity index (χ2v) is 15.5. The maximum absolute atomic E-state index is 14.4. The van der Waals surface area contributed by atoms with Gasteiger partial charge in [-0.3, -0.25) is 14.4 Å². The average molecular weight is 727 g/mol. The molecule has 2 unspecified atom stereocenters. The lowest BCUT2D eigenvalue weighted by atomic mass is 9.99. The van der Waals surface area contributed by atoms with E-state index in [9.17, 15) is 22.8 Å². The molecule has 0 bridgehead atoms. The van der Waals surface area contributed by atoms with E-state index in [1.807, 2.05) is 85.3 Å². The molecule has 0 saturated carbocycles. The van der Waals surface area contributed by atoms with Crippen LogP contribution in [0.15, 0.2) is 99.6 Å². The first-order valence-corrected chi connectivity index (χ1v) is 18.9. The Hall–Kier alpha value is -5.18. The third-order valence-corrected chi connectivity index (χ3v) is 11.5. The Balaban J connectivity index is 1.33. The van der Waals surface area contributed by atoms with Gasteiger partial charge in [-0.15, -0.1) is 10.2 Å². The normalized spacial score (nSPS) is 12.7. The van der Waals surface area contributed by atoms with E-state index in [4.69, 9.17) is 0 Å². The number of thiophene rings is 1. The van der Waals surface area contributed by atoms with E-state index >= 15 is 0 Å². The van der Waals surface area contributed by atoms with Crippen molar-refractivity contribution in [2.24, 2.45) is 0 Å². The van der Waals surface area contributed by atoms with Crippen LogP contribution in [-0.4, -0.2) is 65.4 Å². The Bertz CT molecular complexity index is 2230. The van der Waals surface area contributed by atoms with Crippen molar-refractivity contribution >= 4 is 61.3 Å². The van der Waals surface area contributed by atoms with Gasteiger partial charge in [-0.2, -0.15) is 19.8 Å². The molecule has 11 nitrogen and oxygen atoms in total. The van der Waals surface area contributed by atoms with E-state index in [0.717, 1.165) is 50.1 Å². The summed E-state index contributed by atoms with van der Waals surface area (Å²) >= 11 is 2.35. The highest BCUT2D eigenvalue weighted by atomic mass is 32.2. The molecule has 3 amide bonds. The maximum atomic E-state index is 14.4. The number of hydrogen-bond donors (Lipinski definition) is 3. The minimum absolute atomic E-state index is 0.0377. The van der Waals surface area contributed by atoms with Crippen LogP contribution in [0.3, 0.4) is 0 Å². The first kappa shape index (κ1) is 34.7. The monoisotopic (exact) mass is 726 g/mol. The Morgan fingerprint density at radius 3 is 2.34 bits per heavy atom. The molecule has 0 saturated heterocycles. The van der Waals surface area contributed by atoms with Gasteiger partial charge in [-0.1, -0.05) is 71.0 Å². The van der Waals surface area contributed by atoms with Crippen molar-refractivity contribution in [2.75, 3.05) is 7.05 Å². The van der Waals surface area contributed by atoms with Crippen molar-refractivity contribution in [2.45, 2.75) is 43.1 Å². The van der Waals surface area contributed by atoms with Gasteiger partial charge in [0.25, 0.3) is 26.2 Å². The number of carbonyl (C=O) groups excluding carboxylic acids is 3. The Labute approximate surface area is 297 Å². The molecular weight excluding hydrogens is 693 g/mol. The van der Waals surface area contributed by atoms with E-state index in [2.05, 4.69) is 25.2 Å². The number of nitrogens with zero attached hydrogens (tertiary/aromatic N) is 3. The fourth-order valence-electron chi connectivity index (χ4n) is 5.86. The van der Waals surface area contributed by atoms with Crippen LogP contribution in [0.2, 0.25) is 0 Å². The van der Waals surface area contributed by atoms with Crippen molar-refractivity contribution in [3.8, 4) is 11.1 Å². The second-order valence-electron chi connectivity index (χ2n) is 12.0. The van der Waals surface area contributed by atoms with Crippen LogP contribution in [0.1, 0.15) is 32.6 Å². The van der Waals surface area contributed by atoms with E-state index in [1.54, 1.807) is 36.7 Å². The van der Waals surface area contributed by atoms with Crippen LogP contribution in [-0.2, 0) is 32.5 Å². The van der Waals surface area contributed by atoms with Crippen molar-refractivity contribution in [3.63, 3.8) is 0 Å². The van der Waals surface area contributed by atoms with Gasteiger partial charge in [0.05, 0.1) is 0 Å². The van der Waals surface area contributed by atoms with Crippen molar-refractivity contribution in [1.29, 1.82) is 0 Å². The molecule has 256 valence electrons.